The predicted molar refractivity (Wildman–Crippen MR) is 78.5 cm³/mol. The largest absolute Gasteiger partial charge is 0.258 e. The Morgan fingerprint density at radius 2 is 2.17 bits per heavy atom. The summed E-state index contributed by atoms with van der Waals surface area (Å²) in [5, 5.41) is 5.46. The second-order valence-corrected chi connectivity index (χ2v) is 5.91. The van der Waals surface area contributed by atoms with Crippen LogP contribution in [-0.4, -0.2) is 22.7 Å². The molecular formula is C14H17N3S. The van der Waals surface area contributed by atoms with Crippen LogP contribution in [0.25, 0.3) is 0 Å². The van der Waals surface area contributed by atoms with Gasteiger partial charge in [0.2, 0.25) is 0 Å². The molecule has 0 unspecified atom stereocenters. The molecule has 1 aromatic carbocycles. The molecule has 1 heterocycles. The normalized spacial score (nSPS) is 21.7. The monoisotopic (exact) mass is 259 g/mol. The number of thioether (sulfide) groups is 1. The lowest BCUT2D eigenvalue weighted by Gasteiger charge is -2.16. The maximum absolute atomic E-state index is 4.58. The van der Waals surface area contributed by atoms with Crippen molar-refractivity contribution in [3.8, 4) is 0 Å². The summed E-state index contributed by atoms with van der Waals surface area (Å²) < 4.78 is 0. The topological polar surface area (TPSA) is 36.8 Å². The van der Waals surface area contributed by atoms with E-state index in [0.29, 0.717) is 6.04 Å². The second kappa shape index (κ2) is 4.76. The number of benzene rings is 1. The molecule has 4 heteroatoms. The Kier molecular flexibility index (Phi) is 3.12. The Bertz CT molecular complexity index is 530. The molecule has 1 aliphatic heterocycles. The molecule has 0 spiro atoms. The lowest BCUT2D eigenvalue weighted by atomic mass is 10.0. The van der Waals surface area contributed by atoms with Gasteiger partial charge in [-0.3, -0.25) is 10.4 Å². The maximum Gasteiger partial charge on any atom is 0.177 e. The third kappa shape index (κ3) is 2.58. The quantitative estimate of drug-likeness (QED) is 0.886. The van der Waals surface area contributed by atoms with E-state index in [-0.39, 0.29) is 0 Å². The molecule has 0 amide bonds. The molecule has 3 rings (SSSR count). The zero-order chi connectivity index (χ0) is 12.5. The summed E-state index contributed by atoms with van der Waals surface area (Å²) in [7, 11) is 0. The molecule has 0 radical (unpaired) electrons. The highest BCUT2D eigenvalue weighted by Gasteiger charge is 2.22. The molecule has 0 bridgehead atoms. The first-order chi connectivity index (χ1) is 8.72. The van der Waals surface area contributed by atoms with Gasteiger partial charge in [-0.05, 0) is 38.3 Å². The third-order valence-electron chi connectivity index (χ3n) is 3.18. The van der Waals surface area contributed by atoms with E-state index in [1.165, 1.54) is 29.5 Å². The van der Waals surface area contributed by atoms with Crippen molar-refractivity contribution in [2.75, 3.05) is 5.75 Å². The molecule has 0 atom stereocenters. The first-order valence-electron chi connectivity index (χ1n) is 6.33. The van der Waals surface area contributed by atoms with Crippen molar-refractivity contribution >= 4 is 22.6 Å². The summed E-state index contributed by atoms with van der Waals surface area (Å²) in [5.74, 6) is 0.906. The Morgan fingerprint density at radius 1 is 1.33 bits per heavy atom. The van der Waals surface area contributed by atoms with Gasteiger partial charge in [0, 0.05) is 11.3 Å². The van der Waals surface area contributed by atoms with Crippen molar-refractivity contribution in [2.24, 2.45) is 10.1 Å². The van der Waals surface area contributed by atoms with Gasteiger partial charge in [0.1, 0.15) is 0 Å². The highest BCUT2D eigenvalue weighted by atomic mass is 32.2. The molecule has 3 nitrogen and oxygen atoms in total. The van der Waals surface area contributed by atoms with Crippen LogP contribution in [0.4, 0.5) is 0 Å². The van der Waals surface area contributed by atoms with Crippen LogP contribution in [0.3, 0.4) is 0 Å². The number of nitrogens with zero attached hydrogens (tertiary/aromatic N) is 2. The SMILES string of the molecule is Cc1ccc(C)c(C2=NNC(=NC3CC3)SC2)c1. The lowest BCUT2D eigenvalue weighted by Crippen LogP contribution is -2.26. The summed E-state index contributed by atoms with van der Waals surface area (Å²) in [6, 6.07) is 7.06. The van der Waals surface area contributed by atoms with Crippen LogP contribution in [-0.2, 0) is 0 Å². The fourth-order valence-electron chi connectivity index (χ4n) is 1.94. The molecule has 0 aromatic heterocycles. The van der Waals surface area contributed by atoms with Crippen molar-refractivity contribution < 1.29 is 0 Å². The minimum atomic E-state index is 0.553. The van der Waals surface area contributed by atoms with E-state index in [2.05, 4.69) is 47.6 Å². The van der Waals surface area contributed by atoms with Gasteiger partial charge < -0.3 is 0 Å². The van der Waals surface area contributed by atoms with Crippen LogP contribution in [0.1, 0.15) is 29.5 Å². The van der Waals surface area contributed by atoms with Gasteiger partial charge in [-0.15, -0.1) is 0 Å². The molecular weight excluding hydrogens is 242 g/mol. The molecule has 0 saturated heterocycles. The van der Waals surface area contributed by atoms with Crippen LogP contribution < -0.4 is 5.43 Å². The van der Waals surface area contributed by atoms with Gasteiger partial charge >= 0.3 is 0 Å². The Labute approximate surface area is 112 Å². The van der Waals surface area contributed by atoms with Gasteiger partial charge in [0.05, 0.1) is 11.8 Å². The molecule has 18 heavy (non-hydrogen) atoms. The van der Waals surface area contributed by atoms with E-state index in [0.717, 1.165) is 16.6 Å². The molecule has 1 N–H and O–H groups in total. The van der Waals surface area contributed by atoms with Gasteiger partial charge in [0.15, 0.2) is 5.17 Å². The van der Waals surface area contributed by atoms with E-state index >= 15 is 0 Å². The van der Waals surface area contributed by atoms with Gasteiger partial charge in [0.25, 0.3) is 0 Å². The number of rotatable bonds is 2. The average Bonchev–Trinajstić information content (AvgIpc) is 3.17. The molecule has 1 saturated carbocycles. The number of hydrogen-bond acceptors (Lipinski definition) is 3. The summed E-state index contributed by atoms with van der Waals surface area (Å²) in [5.41, 5.74) is 8.02. The van der Waals surface area contributed by atoms with Crippen LogP contribution in [0, 0.1) is 13.8 Å². The van der Waals surface area contributed by atoms with E-state index in [1.807, 2.05) is 0 Å². The molecule has 94 valence electrons. The number of aryl methyl sites for hydroxylation is 2. The Hall–Kier alpha value is -1.29. The van der Waals surface area contributed by atoms with Crippen molar-refractivity contribution in [3.63, 3.8) is 0 Å². The molecule has 1 fully saturated rings. The zero-order valence-corrected chi connectivity index (χ0v) is 11.5. The zero-order valence-electron chi connectivity index (χ0n) is 10.7. The number of hydrogen-bond donors (Lipinski definition) is 1. The van der Waals surface area contributed by atoms with E-state index in [9.17, 15) is 0 Å². The van der Waals surface area contributed by atoms with Gasteiger partial charge in [-0.1, -0.05) is 29.5 Å². The summed E-state index contributed by atoms with van der Waals surface area (Å²) in [6.07, 6.45) is 2.47. The molecule has 2 aliphatic rings. The standard InChI is InChI=1S/C14H17N3S/c1-9-3-4-10(2)12(7-9)13-8-18-14(17-16-13)15-11-5-6-11/h3-4,7,11H,5-6,8H2,1-2H3,(H,15,17). The van der Waals surface area contributed by atoms with E-state index in [1.54, 1.807) is 11.8 Å². The van der Waals surface area contributed by atoms with Crippen molar-refractivity contribution in [1.29, 1.82) is 0 Å². The van der Waals surface area contributed by atoms with Crippen LogP contribution >= 0.6 is 11.8 Å². The van der Waals surface area contributed by atoms with Crippen LogP contribution in [0.2, 0.25) is 0 Å². The molecule has 1 aliphatic carbocycles. The fraction of sp³-hybridized carbons (Fsp3) is 0.429. The Morgan fingerprint density at radius 3 is 2.83 bits per heavy atom. The van der Waals surface area contributed by atoms with E-state index < -0.39 is 0 Å². The van der Waals surface area contributed by atoms with Gasteiger partial charge in [-0.2, -0.15) is 5.10 Å². The minimum absolute atomic E-state index is 0.553. The third-order valence-corrected chi connectivity index (χ3v) is 4.07. The van der Waals surface area contributed by atoms with Crippen molar-refractivity contribution in [2.45, 2.75) is 32.7 Å². The van der Waals surface area contributed by atoms with Crippen LogP contribution in [0.15, 0.2) is 28.3 Å². The predicted octanol–water partition coefficient (Wildman–Crippen LogP) is 2.86. The summed E-state index contributed by atoms with van der Waals surface area (Å²) in [4.78, 5) is 4.58. The highest BCUT2D eigenvalue weighted by molar-refractivity contribution is 8.14. The molecule has 1 aromatic rings. The minimum Gasteiger partial charge on any atom is -0.258 e. The van der Waals surface area contributed by atoms with Crippen molar-refractivity contribution in [1.82, 2.24) is 5.43 Å². The number of nitrogens with one attached hydrogen (secondary N) is 1. The van der Waals surface area contributed by atoms with E-state index in [4.69, 9.17) is 0 Å². The number of aliphatic imine (C=N–C) groups is 1. The number of hydrazone groups is 1. The second-order valence-electron chi connectivity index (χ2n) is 4.94. The Balaban J connectivity index is 1.81. The van der Waals surface area contributed by atoms with Crippen LogP contribution in [0.5, 0.6) is 0 Å². The highest BCUT2D eigenvalue weighted by Crippen LogP contribution is 2.26. The van der Waals surface area contributed by atoms with Gasteiger partial charge in [-0.25, -0.2) is 0 Å². The average molecular weight is 259 g/mol. The first kappa shape index (κ1) is 11.8. The lowest BCUT2D eigenvalue weighted by molar-refractivity contribution is 0.984. The maximum atomic E-state index is 4.58. The summed E-state index contributed by atoms with van der Waals surface area (Å²) >= 11 is 1.76. The summed E-state index contributed by atoms with van der Waals surface area (Å²) in [6.45, 7) is 4.25. The smallest absolute Gasteiger partial charge is 0.177 e. The first-order valence-corrected chi connectivity index (χ1v) is 7.32. The number of amidine groups is 1. The fourth-order valence-corrected chi connectivity index (χ4v) is 2.76. The van der Waals surface area contributed by atoms with Crippen molar-refractivity contribution in [3.05, 3.63) is 34.9 Å².